The van der Waals surface area contributed by atoms with Gasteiger partial charge >= 0.3 is 381 Å². The Morgan fingerprint density at radius 3 is 1.80 bits per heavy atom. The van der Waals surface area contributed by atoms with Gasteiger partial charge in [0.15, 0.2) is 0 Å². The molecule has 0 fully saturated rings. The third kappa shape index (κ3) is 6.52. The maximum absolute atomic E-state index is 6.99. The molecular formula is C64H45GeN4OPt-3. The Balaban J connectivity index is 0.00000492. The second kappa shape index (κ2) is 16.6. The zero-order valence-corrected chi connectivity index (χ0v) is 43.7. The van der Waals surface area contributed by atoms with Gasteiger partial charge in [-0.15, -0.1) is 0 Å². The van der Waals surface area contributed by atoms with Crippen molar-refractivity contribution in [3.63, 3.8) is 0 Å². The zero-order chi connectivity index (χ0) is 46.7. The van der Waals surface area contributed by atoms with Crippen LogP contribution in [-0.4, -0.2) is 22.8 Å². The average molecular weight is 1150 g/mol. The summed E-state index contributed by atoms with van der Waals surface area (Å²) in [6.07, 6.45) is 1.92. The fraction of sp³-hybridized carbons (Fsp3) is 0.0625. The van der Waals surface area contributed by atoms with Gasteiger partial charge in [0, 0.05) is 21.1 Å². The van der Waals surface area contributed by atoms with Crippen molar-refractivity contribution in [3.8, 4) is 50.7 Å². The number of para-hydroxylation sites is 3. The standard InChI is InChI=1S/C64H45GeN4O.Pt/c1-64(2,3)44-36-37-66-61(38-44)69-57-30-15-12-24-51(57)52-34-32-45(39-59(52)69)70-46-33-35-55-60(40-46)68-41-67(62-47(42-18-6-4-7-19-42)25-16-26-48(62)43-20-8-5-9-21-43)58-31-17-29-56(63(58)68)65(55)53-27-13-10-22-49(53)50-23-11-14-28-54(50)65;/h4-38,41H,1-3H3;/q-3;. The summed E-state index contributed by atoms with van der Waals surface area (Å²) < 4.78 is 14.9. The molecule has 0 saturated heterocycles. The van der Waals surface area contributed by atoms with E-state index in [0.29, 0.717) is 11.5 Å². The van der Waals surface area contributed by atoms with Crippen LogP contribution in [0.5, 0.6) is 11.5 Å². The summed E-state index contributed by atoms with van der Waals surface area (Å²) in [6, 6.07) is 82.8. The molecule has 0 N–H and O–H groups in total. The van der Waals surface area contributed by atoms with Crippen LogP contribution in [0.2, 0.25) is 0 Å². The normalized spacial score (nSPS) is 13.7. The molecule has 0 radical (unpaired) electrons. The van der Waals surface area contributed by atoms with Gasteiger partial charge in [-0.2, -0.15) is 0 Å². The predicted octanol–water partition coefficient (Wildman–Crippen LogP) is 13.3. The Bertz CT molecular complexity index is 3810. The topological polar surface area (TPSA) is 33.5 Å². The Morgan fingerprint density at radius 2 is 1.10 bits per heavy atom. The van der Waals surface area contributed by atoms with Crippen LogP contribution in [0.3, 0.4) is 0 Å². The van der Waals surface area contributed by atoms with E-state index in [1.165, 1.54) is 40.0 Å². The second-order valence-electron chi connectivity index (χ2n) is 19.6. The number of anilines is 4. The summed E-state index contributed by atoms with van der Waals surface area (Å²) in [7, 11) is 0. The van der Waals surface area contributed by atoms with Crippen LogP contribution in [0.4, 0.5) is 22.7 Å². The van der Waals surface area contributed by atoms with Crippen LogP contribution in [0.15, 0.2) is 212 Å². The molecule has 3 aliphatic heterocycles. The molecule has 5 heterocycles. The van der Waals surface area contributed by atoms with Crippen LogP contribution >= 0.6 is 0 Å². The van der Waals surface area contributed by atoms with Gasteiger partial charge in [0.25, 0.3) is 0 Å². The maximum atomic E-state index is 6.99. The van der Waals surface area contributed by atoms with Gasteiger partial charge in [-0.05, 0) is 11.5 Å². The number of nitrogens with zero attached hydrogens (tertiary/aromatic N) is 4. The number of hydrogen-bond acceptors (Lipinski definition) is 4. The van der Waals surface area contributed by atoms with Crippen molar-refractivity contribution >= 4 is 75.4 Å². The molecule has 9 aromatic carbocycles. The molecule has 71 heavy (non-hydrogen) atoms. The van der Waals surface area contributed by atoms with E-state index < -0.39 is 13.3 Å². The fourth-order valence-electron chi connectivity index (χ4n) is 11.6. The van der Waals surface area contributed by atoms with E-state index >= 15 is 0 Å². The molecular weight excluding hydrogens is 1110 g/mol. The monoisotopic (exact) mass is 1150 g/mol. The van der Waals surface area contributed by atoms with E-state index in [4.69, 9.17) is 9.72 Å². The van der Waals surface area contributed by atoms with Crippen LogP contribution in [0.25, 0.3) is 61.0 Å². The van der Waals surface area contributed by atoms with Crippen molar-refractivity contribution in [2.24, 2.45) is 0 Å². The Morgan fingerprint density at radius 1 is 0.507 bits per heavy atom. The minimum Gasteiger partial charge on any atom is 0 e. The van der Waals surface area contributed by atoms with Crippen LogP contribution in [-0.2, 0) is 26.5 Å². The quantitative estimate of drug-likeness (QED) is 0.123. The molecule has 7 heteroatoms. The number of pyridine rings is 1. The number of ether oxygens (including phenoxy) is 1. The third-order valence-corrected chi connectivity index (χ3v) is 25.0. The second-order valence-corrected chi connectivity index (χ2v) is 27.2. The van der Waals surface area contributed by atoms with Crippen molar-refractivity contribution in [2.45, 2.75) is 26.2 Å². The molecule has 0 atom stereocenters. The van der Waals surface area contributed by atoms with Gasteiger partial charge in [-0.25, -0.2) is 0 Å². The molecule has 344 valence electrons. The predicted molar refractivity (Wildman–Crippen MR) is 290 cm³/mol. The van der Waals surface area contributed by atoms with Gasteiger partial charge in [0.1, 0.15) is 0 Å². The third-order valence-electron chi connectivity index (χ3n) is 14.7. The first-order chi connectivity index (χ1) is 34.4. The summed E-state index contributed by atoms with van der Waals surface area (Å²) in [4.78, 5) is 9.77. The van der Waals surface area contributed by atoms with Crippen molar-refractivity contribution < 1.29 is 25.8 Å². The zero-order valence-electron chi connectivity index (χ0n) is 39.3. The van der Waals surface area contributed by atoms with E-state index in [1.54, 1.807) is 0 Å². The molecule has 3 aliphatic rings. The molecule has 11 aromatic rings. The van der Waals surface area contributed by atoms with E-state index in [0.717, 1.165) is 66.9 Å². The van der Waals surface area contributed by atoms with Crippen LogP contribution in [0, 0.1) is 18.8 Å². The van der Waals surface area contributed by atoms with Crippen LogP contribution in [0.1, 0.15) is 26.3 Å². The Labute approximate surface area is 431 Å². The number of fused-ring (bicyclic) bond motifs is 12. The molecule has 0 amide bonds. The Hall–Kier alpha value is -7.44. The fourth-order valence-corrected chi connectivity index (χ4v) is 23.2. The summed E-state index contributed by atoms with van der Waals surface area (Å²) >= 11 is -3.76. The number of hydrogen-bond donors (Lipinski definition) is 0. The Kier molecular flexibility index (Phi) is 10.2. The summed E-state index contributed by atoms with van der Waals surface area (Å²) in [5, 5.41) is 2.24. The van der Waals surface area contributed by atoms with Gasteiger partial charge in [-0.3, -0.25) is 0 Å². The molecule has 2 aromatic heterocycles. The molecule has 0 bridgehead atoms. The summed E-state index contributed by atoms with van der Waals surface area (Å²) in [5.41, 5.74) is 15.0. The van der Waals surface area contributed by atoms with E-state index in [2.05, 4.69) is 254 Å². The number of rotatable bonds is 6. The van der Waals surface area contributed by atoms with Gasteiger partial charge in [0.2, 0.25) is 0 Å². The SMILES string of the molecule is CC(C)(C)c1ccnc(-n2c3[c-]c(Oc4[c-]c5[c](cc4)[Ge]4([c]6ccccc6-c6cccc[c]64)[c]4cccc6c4N5[CH-]N6c4c(-c5ccccc5)cccc4-c4ccccc4)ccc3c3ccccc32)c1.[Pt]. The van der Waals surface area contributed by atoms with E-state index in [-0.39, 0.29) is 26.5 Å². The minimum absolute atomic E-state index is 0. The minimum atomic E-state index is -3.76. The molecule has 0 aliphatic carbocycles. The summed E-state index contributed by atoms with van der Waals surface area (Å²) in [6.45, 7) is 9.02. The molecule has 0 unspecified atom stereocenters. The average Bonchev–Trinajstić information content (AvgIpc) is 4.06. The van der Waals surface area contributed by atoms with E-state index in [1.807, 2.05) is 12.3 Å². The first-order valence-electron chi connectivity index (χ1n) is 24.0. The van der Waals surface area contributed by atoms with Crippen molar-refractivity contribution in [1.29, 1.82) is 0 Å². The molecule has 5 nitrogen and oxygen atoms in total. The molecule has 0 saturated carbocycles. The molecule has 14 rings (SSSR count). The largest absolute Gasteiger partial charge is 0 e. The maximum Gasteiger partial charge on any atom is 0 e. The van der Waals surface area contributed by atoms with Gasteiger partial charge in [0.05, 0.1) is 0 Å². The molecule has 1 spiro atoms. The first kappa shape index (κ1) is 43.6. The van der Waals surface area contributed by atoms with Gasteiger partial charge < -0.3 is 0 Å². The van der Waals surface area contributed by atoms with Crippen molar-refractivity contribution in [1.82, 2.24) is 9.55 Å². The number of benzene rings is 9. The smallest absolute Gasteiger partial charge is 0 e. The van der Waals surface area contributed by atoms with Crippen LogP contribution < -0.4 is 32.1 Å². The van der Waals surface area contributed by atoms with E-state index in [9.17, 15) is 0 Å². The van der Waals surface area contributed by atoms with Crippen molar-refractivity contribution in [2.75, 3.05) is 9.80 Å². The first-order valence-corrected chi connectivity index (χ1v) is 28.2. The van der Waals surface area contributed by atoms with Crippen molar-refractivity contribution in [3.05, 3.63) is 237 Å². The summed E-state index contributed by atoms with van der Waals surface area (Å²) in [5.74, 6) is 2.10. The number of aromatic nitrogens is 2. The van der Waals surface area contributed by atoms with Gasteiger partial charge in [-0.1, -0.05) is 20.8 Å².